The maximum Gasteiger partial charge on any atom is 0.185 e. The smallest absolute Gasteiger partial charge is 0.185 e. The summed E-state index contributed by atoms with van der Waals surface area (Å²) in [6.07, 6.45) is 5.68. The van der Waals surface area contributed by atoms with Crippen molar-refractivity contribution in [3.05, 3.63) is 11.1 Å². The van der Waals surface area contributed by atoms with Crippen LogP contribution in [0.1, 0.15) is 38.3 Å². The van der Waals surface area contributed by atoms with E-state index in [9.17, 15) is 0 Å². The normalized spacial score (nSPS) is 27.1. The molecule has 0 amide bonds. The lowest BCUT2D eigenvalue weighted by atomic mass is 9.51. The van der Waals surface area contributed by atoms with E-state index in [4.69, 9.17) is 4.74 Å². The Kier molecular flexibility index (Phi) is 4.02. The second-order valence-electron chi connectivity index (χ2n) is 6.22. The fourth-order valence-electron chi connectivity index (χ4n) is 3.54. The predicted octanol–water partition coefficient (Wildman–Crippen LogP) is 2.65. The third-order valence-electron chi connectivity index (χ3n) is 4.89. The van der Waals surface area contributed by atoms with Crippen molar-refractivity contribution in [2.45, 2.75) is 51.3 Å². The summed E-state index contributed by atoms with van der Waals surface area (Å²) in [5.41, 5.74) is 1.60. The molecule has 3 rings (SSSR count). The van der Waals surface area contributed by atoms with Crippen molar-refractivity contribution in [1.82, 2.24) is 10.3 Å². The second kappa shape index (κ2) is 5.62. The molecule has 2 atom stereocenters. The van der Waals surface area contributed by atoms with E-state index in [-0.39, 0.29) is 0 Å². The van der Waals surface area contributed by atoms with Gasteiger partial charge in [-0.2, -0.15) is 0 Å². The first kappa shape index (κ1) is 14.3. The van der Waals surface area contributed by atoms with Crippen molar-refractivity contribution >= 4 is 16.5 Å². The fraction of sp³-hybridized carbons (Fsp3) is 0.800. The Bertz CT molecular complexity index is 456. The SMILES string of the molecule is CCOC1CC(NCc2csc(N(C)C)n2)C12CCC2. The van der Waals surface area contributed by atoms with Crippen molar-refractivity contribution < 1.29 is 4.74 Å². The van der Waals surface area contributed by atoms with Crippen LogP contribution in [0.5, 0.6) is 0 Å². The van der Waals surface area contributed by atoms with Crippen molar-refractivity contribution in [2.24, 2.45) is 5.41 Å². The zero-order chi connectivity index (χ0) is 14.2. The molecule has 2 saturated carbocycles. The van der Waals surface area contributed by atoms with Gasteiger partial charge in [0.25, 0.3) is 0 Å². The number of aromatic nitrogens is 1. The second-order valence-corrected chi connectivity index (χ2v) is 7.05. The van der Waals surface area contributed by atoms with Crippen LogP contribution in [0.15, 0.2) is 5.38 Å². The Morgan fingerprint density at radius 2 is 2.30 bits per heavy atom. The standard InChI is InChI=1S/C15H25N3OS/c1-4-19-13-8-12(15(13)6-5-7-15)16-9-11-10-20-14(17-11)18(2)3/h10,12-13,16H,4-9H2,1-3H3. The number of hydrogen-bond acceptors (Lipinski definition) is 5. The largest absolute Gasteiger partial charge is 0.378 e. The lowest BCUT2D eigenvalue weighted by molar-refractivity contribution is -0.173. The number of hydrogen-bond donors (Lipinski definition) is 1. The van der Waals surface area contributed by atoms with Gasteiger partial charge in [-0.25, -0.2) is 4.98 Å². The van der Waals surface area contributed by atoms with Crippen LogP contribution in [0.2, 0.25) is 0 Å². The highest BCUT2D eigenvalue weighted by molar-refractivity contribution is 7.13. The Morgan fingerprint density at radius 3 is 2.85 bits per heavy atom. The number of anilines is 1. The molecule has 5 heteroatoms. The summed E-state index contributed by atoms with van der Waals surface area (Å²) in [7, 11) is 4.08. The topological polar surface area (TPSA) is 37.4 Å². The zero-order valence-corrected chi connectivity index (χ0v) is 13.5. The minimum atomic E-state index is 0.441. The van der Waals surface area contributed by atoms with E-state index in [1.54, 1.807) is 11.3 Å². The summed E-state index contributed by atoms with van der Waals surface area (Å²) in [5.74, 6) is 0. The number of ether oxygens (including phenoxy) is 1. The van der Waals surface area contributed by atoms with Crippen molar-refractivity contribution in [3.63, 3.8) is 0 Å². The maximum atomic E-state index is 5.89. The highest BCUT2D eigenvalue weighted by atomic mass is 32.1. The van der Waals surface area contributed by atoms with Crippen molar-refractivity contribution in [3.8, 4) is 0 Å². The van der Waals surface area contributed by atoms with Gasteiger partial charge in [-0.1, -0.05) is 6.42 Å². The van der Waals surface area contributed by atoms with Gasteiger partial charge in [0.15, 0.2) is 5.13 Å². The van der Waals surface area contributed by atoms with Gasteiger partial charge < -0.3 is 15.0 Å². The molecule has 1 aromatic heterocycles. The summed E-state index contributed by atoms with van der Waals surface area (Å²) in [6, 6.07) is 0.623. The van der Waals surface area contributed by atoms with Gasteiger partial charge in [0.1, 0.15) is 0 Å². The molecule has 2 aliphatic rings. The zero-order valence-electron chi connectivity index (χ0n) is 12.7. The average Bonchev–Trinajstić information content (AvgIpc) is 2.79. The van der Waals surface area contributed by atoms with Gasteiger partial charge in [-0.05, 0) is 26.2 Å². The summed E-state index contributed by atoms with van der Waals surface area (Å²) >= 11 is 1.71. The molecule has 2 aliphatic carbocycles. The summed E-state index contributed by atoms with van der Waals surface area (Å²) in [5, 5.41) is 6.96. The highest BCUT2D eigenvalue weighted by Crippen LogP contribution is 2.57. The molecule has 0 bridgehead atoms. The van der Waals surface area contributed by atoms with Crippen LogP contribution in [0, 0.1) is 5.41 Å². The van der Waals surface area contributed by atoms with Crippen LogP contribution in [0.4, 0.5) is 5.13 Å². The molecule has 2 unspecified atom stereocenters. The summed E-state index contributed by atoms with van der Waals surface area (Å²) in [4.78, 5) is 6.70. The number of thiazole rings is 1. The van der Waals surface area contributed by atoms with Gasteiger partial charge >= 0.3 is 0 Å². The summed E-state index contributed by atoms with van der Waals surface area (Å²) in [6.45, 7) is 3.83. The lowest BCUT2D eigenvalue weighted by Gasteiger charge is -2.61. The van der Waals surface area contributed by atoms with Gasteiger partial charge in [-0.15, -0.1) is 11.3 Å². The number of nitrogens with one attached hydrogen (secondary N) is 1. The van der Waals surface area contributed by atoms with E-state index in [1.165, 1.54) is 25.7 Å². The first-order valence-corrected chi connectivity index (χ1v) is 8.50. The van der Waals surface area contributed by atoms with Gasteiger partial charge in [0, 0.05) is 44.1 Å². The molecule has 1 heterocycles. The third-order valence-corrected chi connectivity index (χ3v) is 5.95. The Labute approximate surface area is 125 Å². The minimum Gasteiger partial charge on any atom is -0.378 e. The Hall–Kier alpha value is -0.650. The number of rotatable bonds is 6. The molecule has 0 aromatic carbocycles. The lowest BCUT2D eigenvalue weighted by Crippen LogP contribution is -2.66. The molecule has 2 fully saturated rings. The van der Waals surface area contributed by atoms with E-state index in [0.717, 1.165) is 24.0 Å². The monoisotopic (exact) mass is 295 g/mol. The van der Waals surface area contributed by atoms with Crippen LogP contribution in [0.3, 0.4) is 0 Å². The number of nitrogens with zero attached hydrogens (tertiary/aromatic N) is 2. The first-order valence-electron chi connectivity index (χ1n) is 7.62. The molecule has 1 spiro atoms. The molecule has 1 aromatic rings. The molecule has 112 valence electrons. The van der Waals surface area contributed by atoms with Crippen LogP contribution in [0.25, 0.3) is 0 Å². The van der Waals surface area contributed by atoms with E-state index in [2.05, 4.69) is 27.5 Å². The molecule has 0 aliphatic heterocycles. The molecule has 0 radical (unpaired) electrons. The van der Waals surface area contributed by atoms with Crippen LogP contribution in [-0.2, 0) is 11.3 Å². The van der Waals surface area contributed by atoms with E-state index in [1.807, 2.05) is 14.1 Å². The molecule has 0 saturated heterocycles. The molecular formula is C15H25N3OS. The van der Waals surface area contributed by atoms with Gasteiger partial charge in [0.2, 0.25) is 0 Å². The predicted molar refractivity (Wildman–Crippen MR) is 83.4 cm³/mol. The molecule has 20 heavy (non-hydrogen) atoms. The maximum absolute atomic E-state index is 5.89. The molecular weight excluding hydrogens is 270 g/mol. The van der Waals surface area contributed by atoms with Crippen LogP contribution < -0.4 is 10.2 Å². The van der Waals surface area contributed by atoms with Crippen molar-refractivity contribution in [2.75, 3.05) is 25.6 Å². The first-order chi connectivity index (χ1) is 9.65. The van der Waals surface area contributed by atoms with E-state index >= 15 is 0 Å². The summed E-state index contributed by atoms with van der Waals surface area (Å²) < 4.78 is 5.89. The molecule has 4 nitrogen and oxygen atoms in total. The van der Waals surface area contributed by atoms with Crippen LogP contribution >= 0.6 is 11.3 Å². The van der Waals surface area contributed by atoms with Gasteiger partial charge in [-0.3, -0.25) is 0 Å². The average molecular weight is 295 g/mol. The minimum absolute atomic E-state index is 0.441. The van der Waals surface area contributed by atoms with Crippen LogP contribution in [-0.4, -0.2) is 37.8 Å². The third kappa shape index (κ3) is 2.36. The fourth-order valence-corrected chi connectivity index (χ4v) is 4.29. The quantitative estimate of drug-likeness (QED) is 0.875. The van der Waals surface area contributed by atoms with E-state index < -0.39 is 0 Å². The van der Waals surface area contributed by atoms with E-state index in [0.29, 0.717) is 17.6 Å². The Balaban J connectivity index is 1.54. The Morgan fingerprint density at radius 1 is 1.50 bits per heavy atom. The highest BCUT2D eigenvalue weighted by Gasteiger charge is 2.58. The van der Waals surface area contributed by atoms with Crippen molar-refractivity contribution in [1.29, 1.82) is 0 Å². The van der Waals surface area contributed by atoms with Gasteiger partial charge in [0.05, 0.1) is 11.8 Å². The molecule has 1 N–H and O–H groups in total.